The molecular formula is C13H11F2N3O4. The molecule has 9 heteroatoms. The molecule has 22 heavy (non-hydrogen) atoms. The van der Waals surface area contributed by atoms with Crippen molar-refractivity contribution in [3.63, 3.8) is 0 Å². The molecule has 0 N–H and O–H groups in total. The fraction of sp³-hybridized carbons (Fsp3) is 0.231. The molecule has 0 fully saturated rings. The lowest BCUT2D eigenvalue weighted by Crippen LogP contribution is -2.06. The molecule has 0 aromatic carbocycles. The summed E-state index contributed by atoms with van der Waals surface area (Å²) in [5.41, 5.74) is 0.633. The maximum atomic E-state index is 12.2. The van der Waals surface area contributed by atoms with E-state index in [1.165, 1.54) is 38.9 Å². The molecule has 0 aliphatic heterocycles. The van der Waals surface area contributed by atoms with Crippen LogP contribution in [0.3, 0.4) is 0 Å². The molecule has 0 radical (unpaired) electrons. The van der Waals surface area contributed by atoms with E-state index in [1.807, 2.05) is 0 Å². The number of aromatic nitrogens is 3. The summed E-state index contributed by atoms with van der Waals surface area (Å²) in [5, 5.41) is 0. The van der Waals surface area contributed by atoms with Crippen LogP contribution >= 0.6 is 0 Å². The van der Waals surface area contributed by atoms with Crippen molar-refractivity contribution in [3.8, 4) is 22.9 Å². The number of hydrogen-bond acceptors (Lipinski definition) is 7. The van der Waals surface area contributed by atoms with E-state index in [0.29, 0.717) is 5.56 Å². The number of halogens is 2. The first-order valence-corrected chi connectivity index (χ1v) is 5.94. The van der Waals surface area contributed by atoms with E-state index in [9.17, 15) is 13.6 Å². The predicted octanol–water partition coefficient (Wildman–Crippen LogP) is 1.94. The standard InChI is InChI=1S/C13H11F2N3O4/c1-20-10-3-11(22-13(14)15)17-4-7(10)8-5-16-6-9(18-8)12(19)21-2/h3-6,13H,1-2H3. The van der Waals surface area contributed by atoms with Gasteiger partial charge in [0.2, 0.25) is 5.88 Å². The fourth-order valence-electron chi connectivity index (χ4n) is 1.63. The van der Waals surface area contributed by atoms with Crippen LogP contribution < -0.4 is 9.47 Å². The Balaban J connectivity index is 2.41. The Bertz CT molecular complexity index is 682. The smallest absolute Gasteiger partial charge is 0.388 e. The summed E-state index contributed by atoms with van der Waals surface area (Å²) in [4.78, 5) is 23.1. The first-order valence-electron chi connectivity index (χ1n) is 5.94. The van der Waals surface area contributed by atoms with Crippen molar-refractivity contribution >= 4 is 5.97 Å². The minimum absolute atomic E-state index is 0.00467. The Morgan fingerprint density at radius 2 is 2.00 bits per heavy atom. The summed E-state index contributed by atoms with van der Waals surface area (Å²) in [5.74, 6) is -0.756. The van der Waals surface area contributed by atoms with Crippen LogP contribution in [-0.4, -0.2) is 41.8 Å². The van der Waals surface area contributed by atoms with Crippen LogP contribution in [0.25, 0.3) is 11.3 Å². The molecule has 0 atom stereocenters. The zero-order valence-corrected chi connectivity index (χ0v) is 11.6. The number of pyridine rings is 1. The molecule has 0 saturated heterocycles. The molecule has 0 spiro atoms. The fourth-order valence-corrected chi connectivity index (χ4v) is 1.63. The first kappa shape index (κ1) is 15.5. The number of alkyl halides is 2. The van der Waals surface area contributed by atoms with E-state index in [1.54, 1.807) is 0 Å². The summed E-state index contributed by atoms with van der Waals surface area (Å²) in [7, 11) is 2.57. The SMILES string of the molecule is COC(=O)c1cncc(-c2cnc(OC(F)F)cc2OC)n1. The highest BCUT2D eigenvalue weighted by Gasteiger charge is 2.15. The zero-order valence-electron chi connectivity index (χ0n) is 11.6. The van der Waals surface area contributed by atoms with Crippen LogP contribution in [0.1, 0.15) is 10.5 Å². The summed E-state index contributed by atoms with van der Waals surface area (Å²) in [6, 6.07) is 1.19. The Labute approximate surface area is 123 Å². The van der Waals surface area contributed by atoms with Crippen molar-refractivity contribution in [2.45, 2.75) is 6.61 Å². The minimum atomic E-state index is -2.99. The monoisotopic (exact) mass is 311 g/mol. The van der Waals surface area contributed by atoms with Gasteiger partial charge in [-0.2, -0.15) is 8.78 Å². The molecule has 0 aliphatic carbocycles. The number of carbonyl (C=O) groups is 1. The van der Waals surface area contributed by atoms with Crippen LogP contribution in [0.4, 0.5) is 8.78 Å². The summed E-state index contributed by atoms with van der Waals surface area (Å²) in [6.07, 6.45) is 3.85. The van der Waals surface area contributed by atoms with E-state index in [2.05, 4.69) is 24.4 Å². The second-order valence-corrected chi connectivity index (χ2v) is 3.88. The molecule has 0 bridgehead atoms. The molecule has 2 heterocycles. The maximum absolute atomic E-state index is 12.2. The molecule has 0 amide bonds. The van der Waals surface area contributed by atoms with Gasteiger partial charge in [0.05, 0.1) is 37.9 Å². The number of esters is 1. The van der Waals surface area contributed by atoms with Gasteiger partial charge >= 0.3 is 12.6 Å². The average molecular weight is 311 g/mol. The lowest BCUT2D eigenvalue weighted by molar-refractivity contribution is -0.0529. The van der Waals surface area contributed by atoms with E-state index in [-0.39, 0.29) is 23.0 Å². The van der Waals surface area contributed by atoms with Crippen LogP contribution in [0, 0.1) is 0 Å². The first-order chi connectivity index (χ1) is 10.5. The highest BCUT2D eigenvalue weighted by Crippen LogP contribution is 2.30. The van der Waals surface area contributed by atoms with E-state index in [0.717, 1.165) is 0 Å². The van der Waals surface area contributed by atoms with Gasteiger partial charge < -0.3 is 14.2 Å². The number of nitrogens with zero attached hydrogens (tertiary/aromatic N) is 3. The molecule has 0 unspecified atom stereocenters. The van der Waals surface area contributed by atoms with Gasteiger partial charge in [-0.15, -0.1) is 0 Å². The number of methoxy groups -OCH3 is 2. The lowest BCUT2D eigenvalue weighted by atomic mass is 10.2. The normalized spacial score (nSPS) is 10.4. The predicted molar refractivity (Wildman–Crippen MR) is 69.8 cm³/mol. The quantitative estimate of drug-likeness (QED) is 0.780. The van der Waals surface area contributed by atoms with Gasteiger partial charge in [0.1, 0.15) is 5.75 Å². The van der Waals surface area contributed by atoms with Gasteiger partial charge in [0, 0.05) is 12.3 Å². The van der Waals surface area contributed by atoms with Gasteiger partial charge in [-0.3, -0.25) is 4.98 Å². The molecule has 0 saturated carbocycles. The summed E-state index contributed by atoms with van der Waals surface area (Å²) in [6.45, 7) is -2.99. The van der Waals surface area contributed by atoms with Crippen LogP contribution in [-0.2, 0) is 4.74 Å². The molecule has 0 aliphatic rings. The summed E-state index contributed by atoms with van der Waals surface area (Å²) < 4.78 is 38.2. The third kappa shape index (κ3) is 3.43. The van der Waals surface area contributed by atoms with Gasteiger partial charge in [0.15, 0.2) is 5.69 Å². The minimum Gasteiger partial charge on any atom is -0.496 e. The molecule has 116 valence electrons. The van der Waals surface area contributed by atoms with Gasteiger partial charge in [-0.1, -0.05) is 0 Å². The van der Waals surface area contributed by atoms with Gasteiger partial charge in [-0.05, 0) is 0 Å². The number of carbonyl (C=O) groups excluding carboxylic acids is 1. The molecule has 2 aromatic rings. The van der Waals surface area contributed by atoms with Crippen LogP contribution in [0.2, 0.25) is 0 Å². The Morgan fingerprint density at radius 3 is 2.64 bits per heavy atom. The third-order valence-electron chi connectivity index (χ3n) is 2.58. The second-order valence-electron chi connectivity index (χ2n) is 3.88. The Kier molecular flexibility index (Phi) is 4.77. The van der Waals surface area contributed by atoms with Crippen molar-refractivity contribution in [1.82, 2.24) is 15.0 Å². The highest BCUT2D eigenvalue weighted by atomic mass is 19.3. The van der Waals surface area contributed by atoms with E-state index in [4.69, 9.17) is 4.74 Å². The van der Waals surface area contributed by atoms with Crippen LogP contribution in [0.5, 0.6) is 11.6 Å². The van der Waals surface area contributed by atoms with E-state index >= 15 is 0 Å². The topological polar surface area (TPSA) is 83.4 Å². The van der Waals surface area contributed by atoms with Gasteiger partial charge in [0.25, 0.3) is 0 Å². The van der Waals surface area contributed by atoms with Crippen molar-refractivity contribution in [3.05, 3.63) is 30.4 Å². The Morgan fingerprint density at radius 1 is 1.23 bits per heavy atom. The Hall–Kier alpha value is -2.84. The molecule has 2 rings (SSSR count). The van der Waals surface area contributed by atoms with Crippen molar-refractivity contribution in [1.29, 1.82) is 0 Å². The van der Waals surface area contributed by atoms with Crippen molar-refractivity contribution in [2.24, 2.45) is 0 Å². The average Bonchev–Trinajstić information content (AvgIpc) is 2.53. The zero-order chi connectivity index (χ0) is 16.1. The van der Waals surface area contributed by atoms with Gasteiger partial charge in [-0.25, -0.2) is 14.8 Å². The highest BCUT2D eigenvalue weighted by molar-refractivity contribution is 5.87. The van der Waals surface area contributed by atoms with Crippen molar-refractivity contribution < 1.29 is 27.8 Å². The largest absolute Gasteiger partial charge is 0.496 e. The summed E-state index contributed by atoms with van der Waals surface area (Å²) >= 11 is 0. The maximum Gasteiger partial charge on any atom is 0.388 e. The number of hydrogen-bond donors (Lipinski definition) is 0. The third-order valence-corrected chi connectivity index (χ3v) is 2.58. The molecule has 7 nitrogen and oxygen atoms in total. The number of rotatable bonds is 5. The van der Waals surface area contributed by atoms with E-state index < -0.39 is 12.6 Å². The molecule has 2 aromatic heterocycles. The van der Waals surface area contributed by atoms with Crippen LogP contribution in [0.15, 0.2) is 24.7 Å². The number of ether oxygens (including phenoxy) is 3. The second kappa shape index (κ2) is 6.74. The lowest BCUT2D eigenvalue weighted by Gasteiger charge is -2.10. The molecular weight excluding hydrogens is 300 g/mol. The van der Waals surface area contributed by atoms with Crippen molar-refractivity contribution in [2.75, 3.05) is 14.2 Å².